The molecule has 0 aliphatic rings. The molecule has 2 aromatic rings. The van der Waals surface area contributed by atoms with E-state index in [0.717, 1.165) is 0 Å². The van der Waals surface area contributed by atoms with E-state index in [2.05, 4.69) is 5.10 Å². The highest BCUT2D eigenvalue weighted by Gasteiger charge is 2.10. The number of hydrogen-bond donors (Lipinski definition) is 2. The Morgan fingerprint density at radius 3 is 2.89 bits per heavy atom. The molecule has 1 aromatic carbocycles. The Balaban J connectivity index is 1.88. The molecule has 1 aromatic heterocycles. The zero-order chi connectivity index (χ0) is 13.0. The van der Waals surface area contributed by atoms with E-state index in [1.54, 1.807) is 41.3 Å². The first kappa shape index (κ1) is 12.9. The van der Waals surface area contributed by atoms with E-state index in [4.69, 9.17) is 26.4 Å². The molecule has 0 aliphatic carbocycles. The minimum absolute atomic E-state index is 0.398. The fourth-order valence-electron chi connectivity index (χ4n) is 1.48. The lowest BCUT2D eigenvalue weighted by Gasteiger charge is -2.07. The maximum Gasteiger partial charge on any atom is 0.488 e. The molecular formula is C11H12BClN2O3. The summed E-state index contributed by atoms with van der Waals surface area (Å²) in [6, 6.07) is 6.66. The van der Waals surface area contributed by atoms with E-state index in [-0.39, 0.29) is 0 Å². The van der Waals surface area contributed by atoms with E-state index in [1.165, 1.54) is 0 Å². The van der Waals surface area contributed by atoms with Gasteiger partial charge in [0.15, 0.2) is 0 Å². The van der Waals surface area contributed by atoms with E-state index in [1.807, 2.05) is 0 Å². The number of halogens is 1. The number of hydrogen-bond acceptors (Lipinski definition) is 4. The number of aromatic nitrogens is 2. The van der Waals surface area contributed by atoms with Gasteiger partial charge in [-0.3, -0.25) is 4.68 Å². The predicted octanol–water partition coefficient (Wildman–Crippen LogP) is 0.295. The fourth-order valence-corrected chi connectivity index (χ4v) is 1.64. The first-order chi connectivity index (χ1) is 8.65. The molecule has 0 amide bonds. The van der Waals surface area contributed by atoms with Crippen LogP contribution in [0.25, 0.3) is 0 Å². The third-order valence-electron chi connectivity index (χ3n) is 2.35. The van der Waals surface area contributed by atoms with Crippen molar-refractivity contribution in [2.24, 2.45) is 0 Å². The van der Waals surface area contributed by atoms with Gasteiger partial charge in [-0.2, -0.15) is 5.10 Å². The van der Waals surface area contributed by atoms with E-state index >= 15 is 0 Å². The first-order valence-corrected chi connectivity index (χ1v) is 5.80. The van der Waals surface area contributed by atoms with E-state index in [9.17, 15) is 0 Å². The number of ether oxygens (including phenoxy) is 1. The molecule has 18 heavy (non-hydrogen) atoms. The van der Waals surface area contributed by atoms with Crippen molar-refractivity contribution in [3.63, 3.8) is 0 Å². The predicted molar refractivity (Wildman–Crippen MR) is 69.0 cm³/mol. The Morgan fingerprint density at radius 1 is 1.39 bits per heavy atom. The lowest BCUT2D eigenvalue weighted by molar-refractivity contribution is 0.291. The summed E-state index contributed by atoms with van der Waals surface area (Å²) in [7, 11) is -1.49. The quantitative estimate of drug-likeness (QED) is 0.764. The summed E-state index contributed by atoms with van der Waals surface area (Å²) in [5.41, 5.74) is 0.398. The van der Waals surface area contributed by atoms with Crippen molar-refractivity contribution in [2.75, 3.05) is 6.61 Å². The molecule has 0 atom stereocenters. The van der Waals surface area contributed by atoms with Crippen LogP contribution in [0, 0.1) is 0 Å². The van der Waals surface area contributed by atoms with Gasteiger partial charge in [-0.1, -0.05) is 23.7 Å². The largest absolute Gasteiger partial charge is 0.492 e. The highest BCUT2D eigenvalue weighted by Crippen LogP contribution is 2.08. The molecule has 7 heteroatoms. The van der Waals surface area contributed by atoms with E-state index in [0.29, 0.717) is 29.4 Å². The Morgan fingerprint density at radius 2 is 2.22 bits per heavy atom. The third kappa shape index (κ3) is 3.50. The average molecular weight is 266 g/mol. The van der Waals surface area contributed by atoms with Gasteiger partial charge in [0.25, 0.3) is 0 Å². The van der Waals surface area contributed by atoms with Gasteiger partial charge in [0.05, 0.1) is 17.8 Å². The van der Waals surface area contributed by atoms with Crippen LogP contribution in [-0.4, -0.2) is 33.6 Å². The summed E-state index contributed by atoms with van der Waals surface area (Å²) in [6.07, 6.45) is 3.27. The van der Waals surface area contributed by atoms with Gasteiger partial charge in [-0.25, -0.2) is 0 Å². The molecule has 0 aliphatic heterocycles. The van der Waals surface area contributed by atoms with Crippen molar-refractivity contribution in [3.05, 3.63) is 41.7 Å². The lowest BCUT2D eigenvalue weighted by atomic mass is 9.80. The summed E-state index contributed by atoms with van der Waals surface area (Å²) in [4.78, 5) is 0. The highest BCUT2D eigenvalue weighted by molar-refractivity contribution is 6.58. The van der Waals surface area contributed by atoms with Crippen LogP contribution in [0.5, 0.6) is 5.75 Å². The molecule has 2 N–H and O–H groups in total. The molecule has 0 unspecified atom stereocenters. The third-order valence-corrected chi connectivity index (χ3v) is 2.54. The SMILES string of the molecule is OB(O)c1cccc(OCCn2cc(Cl)cn2)c1. The minimum atomic E-state index is -1.49. The van der Waals surface area contributed by atoms with Crippen molar-refractivity contribution in [2.45, 2.75) is 6.54 Å². The average Bonchev–Trinajstić information content (AvgIpc) is 2.75. The molecule has 0 saturated heterocycles. The van der Waals surface area contributed by atoms with Crippen LogP contribution in [0.15, 0.2) is 36.7 Å². The molecule has 0 bridgehead atoms. The van der Waals surface area contributed by atoms with Gasteiger partial charge in [0.2, 0.25) is 0 Å². The van der Waals surface area contributed by atoms with Crippen LogP contribution in [-0.2, 0) is 6.54 Å². The van der Waals surface area contributed by atoms with Crippen LogP contribution >= 0.6 is 11.6 Å². The Labute approximate surface area is 110 Å². The fraction of sp³-hybridized carbons (Fsp3) is 0.182. The Kier molecular flexibility index (Phi) is 4.25. The second kappa shape index (κ2) is 5.90. The molecule has 94 valence electrons. The zero-order valence-corrected chi connectivity index (χ0v) is 10.3. The van der Waals surface area contributed by atoms with Crippen LogP contribution in [0.4, 0.5) is 0 Å². The smallest absolute Gasteiger partial charge is 0.488 e. The Hall–Kier alpha value is -1.50. The standard InChI is InChI=1S/C11H12BClN2O3/c13-10-7-14-15(8-10)4-5-18-11-3-1-2-9(6-11)12(16)17/h1-3,6-8,16-17H,4-5H2. The zero-order valence-electron chi connectivity index (χ0n) is 9.53. The molecule has 1 heterocycles. The van der Waals surface area contributed by atoms with Crippen LogP contribution in [0.2, 0.25) is 5.02 Å². The molecule has 2 rings (SSSR count). The summed E-state index contributed by atoms with van der Waals surface area (Å²) in [5.74, 6) is 0.582. The second-order valence-electron chi connectivity index (χ2n) is 3.72. The summed E-state index contributed by atoms with van der Waals surface area (Å²) < 4.78 is 7.16. The van der Waals surface area contributed by atoms with Crippen molar-refractivity contribution < 1.29 is 14.8 Å². The van der Waals surface area contributed by atoms with Crippen molar-refractivity contribution in [3.8, 4) is 5.75 Å². The second-order valence-corrected chi connectivity index (χ2v) is 4.15. The number of benzene rings is 1. The number of rotatable bonds is 5. The molecule has 0 saturated carbocycles. The summed E-state index contributed by atoms with van der Waals surface area (Å²) >= 11 is 5.73. The molecule has 0 spiro atoms. The minimum Gasteiger partial charge on any atom is -0.492 e. The van der Waals surface area contributed by atoms with Gasteiger partial charge in [0.1, 0.15) is 12.4 Å². The van der Waals surface area contributed by atoms with Crippen molar-refractivity contribution in [1.82, 2.24) is 9.78 Å². The topological polar surface area (TPSA) is 67.5 Å². The Bertz CT molecular complexity index is 518. The van der Waals surface area contributed by atoms with Gasteiger partial charge in [0, 0.05) is 6.20 Å². The summed E-state index contributed by atoms with van der Waals surface area (Å²) in [6.45, 7) is 0.988. The van der Waals surface area contributed by atoms with Gasteiger partial charge in [-0.05, 0) is 17.6 Å². The van der Waals surface area contributed by atoms with Gasteiger partial charge >= 0.3 is 7.12 Å². The summed E-state index contributed by atoms with van der Waals surface area (Å²) in [5, 5.41) is 22.7. The lowest BCUT2D eigenvalue weighted by Crippen LogP contribution is -2.29. The maximum atomic E-state index is 9.03. The van der Waals surface area contributed by atoms with Crippen LogP contribution in [0.1, 0.15) is 0 Å². The number of nitrogens with zero attached hydrogens (tertiary/aromatic N) is 2. The van der Waals surface area contributed by atoms with Crippen molar-refractivity contribution in [1.29, 1.82) is 0 Å². The van der Waals surface area contributed by atoms with E-state index < -0.39 is 7.12 Å². The molecular weight excluding hydrogens is 254 g/mol. The van der Waals surface area contributed by atoms with Gasteiger partial charge < -0.3 is 14.8 Å². The van der Waals surface area contributed by atoms with Crippen LogP contribution < -0.4 is 10.2 Å². The normalized spacial score (nSPS) is 10.4. The van der Waals surface area contributed by atoms with Crippen molar-refractivity contribution >= 4 is 24.2 Å². The van der Waals surface area contributed by atoms with Gasteiger partial charge in [-0.15, -0.1) is 0 Å². The molecule has 0 fully saturated rings. The molecule has 0 radical (unpaired) electrons. The highest BCUT2D eigenvalue weighted by atomic mass is 35.5. The van der Waals surface area contributed by atoms with Crippen LogP contribution in [0.3, 0.4) is 0 Å². The molecule has 5 nitrogen and oxygen atoms in total. The monoisotopic (exact) mass is 266 g/mol. The first-order valence-electron chi connectivity index (χ1n) is 5.42. The maximum absolute atomic E-state index is 9.03.